The molecule has 0 aliphatic heterocycles. The monoisotopic (exact) mass is 889 g/mol. The summed E-state index contributed by atoms with van der Waals surface area (Å²) in [5.74, 6) is -2.74. The zero-order valence-corrected chi connectivity index (χ0v) is 42.5. The maximum atomic E-state index is 10.2. The SMILES string of the molecule is CCCCCCCC/C=C\CCCCCCCC(=O)[O-].CCCCCCCC/C=C\CCCCCCCC(=O)[O-].CCCCCCCC/C=C\CCCCCCCC(=O)[O-].[Sc+3]. The third-order valence-electron chi connectivity index (χ3n) is 10.9. The second-order valence-electron chi connectivity index (χ2n) is 17.1. The van der Waals surface area contributed by atoms with Crippen LogP contribution < -0.4 is 15.3 Å². The van der Waals surface area contributed by atoms with Crippen molar-refractivity contribution in [2.45, 2.75) is 290 Å². The average molecular weight is 889 g/mol. The first kappa shape index (κ1) is 66.1. The number of carboxylic acids is 3. The Hall–Kier alpha value is -1.50. The van der Waals surface area contributed by atoms with Gasteiger partial charge in [0.25, 0.3) is 0 Å². The predicted octanol–water partition coefficient (Wildman–Crippen LogP) is 14.3. The van der Waals surface area contributed by atoms with E-state index in [0.29, 0.717) is 0 Å². The summed E-state index contributed by atoms with van der Waals surface area (Å²) in [5, 5.41) is 30.6. The summed E-state index contributed by atoms with van der Waals surface area (Å²) in [5.41, 5.74) is 0. The Kier molecular flexibility index (Phi) is 68.0. The van der Waals surface area contributed by atoms with Gasteiger partial charge in [-0.2, -0.15) is 0 Å². The minimum Gasteiger partial charge on any atom is -0.550 e. The van der Waals surface area contributed by atoms with E-state index in [1.807, 2.05) is 0 Å². The number of hydrogen-bond acceptors (Lipinski definition) is 6. The van der Waals surface area contributed by atoms with Crippen LogP contribution in [0.3, 0.4) is 0 Å². The number of carboxylic acid groups (broad SMARTS) is 3. The summed E-state index contributed by atoms with van der Waals surface area (Å²) in [6.45, 7) is 6.77. The van der Waals surface area contributed by atoms with Gasteiger partial charge in [-0.05, 0) is 116 Å². The van der Waals surface area contributed by atoms with Gasteiger partial charge in [0.2, 0.25) is 0 Å². The maximum absolute atomic E-state index is 10.2. The molecule has 7 heteroatoms. The molecule has 0 fully saturated rings. The Morgan fingerprint density at radius 1 is 0.262 bits per heavy atom. The second kappa shape index (κ2) is 62.8. The summed E-state index contributed by atoms with van der Waals surface area (Å²) < 4.78 is 0. The standard InChI is InChI=1S/3C18H34O2.Sc/c3*1-2-3-4-5-6-7-8-9-10-11-12-13-14-15-16-17-18(19)20;/h3*9-10H,2-8,11-17H2,1H3,(H,19,20);/q;;;+3/p-3/b3*10-9-;. The topological polar surface area (TPSA) is 120 Å². The molecule has 0 rings (SSSR count). The van der Waals surface area contributed by atoms with Crippen LogP contribution in [-0.4, -0.2) is 17.9 Å². The molecule has 0 atom stereocenters. The van der Waals surface area contributed by atoms with Crippen LogP contribution >= 0.6 is 0 Å². The molecule has 0 N–H and O–H groups in total. The summed E-state index contributed by atoms with van der Waals surface area (Å²) in [4.78, 5) is 30.6. The summed E-state index contributed by atoms with van der Waals surface area (Å²) in [7, 11) is 0. The summed E-state index contributed by atoms with van der Waals surface area (Å²) in [6, 6.07) is 0. The molecule has 0 amide bonds. The van der Waals surface area contributed by atoms with E-state index < -0.39 is 17.9 Å². The van der Waals surface area contributed by atoms with Gasteiger partial charge < -0.3 is 29.7 Å². The van der Waals surface area contributed by atoms with Gasteiger partial charge in [-0.1, -0.05) is 211 Å². The number of unbranched alkanes of at least 4 members (excludes halogenated alkanes) is 33. The number of hydrogen-bond donors (Lipinski definition) is 0. The quantitative estimate of drug-likeness (QED) is 0.0443. The van der Waals surface area contributed by atoms with Crippen LogP contribution in [0.1, 0.15) is 290 Å². The fraction of sp³-hybridized carbons (Fsp3) is 0.833. The van der Waals surface area contributed by atoms with Crippen LogP contribution in [-0.2, 0) is 40.2 Å². The van der Waals surface area contributed by atoms with E-state index >= 15 is 0 Å². The van der Waals surface area contributed by atoms with Gasteiger partial charge in [0.05, 0.1) is 0 Å². The number of carbonyl (C=O) groups is 3. The Labute approximate surface area is 398 Å². The van der Waals surface area contributed by atoms with Gasteiger partial charge in [-0.15, -0.1) is 0 Å². The van der Waals surface area contributed by atoms with E-state index in [1.54, 1.807) is 0 Å². The average Bonchev–Trinajstić information content (AvgIpc) is 3.22. The van der Waals surface area contributed by atoms with E-state index in [9.17, 15) is 29.7 Å². The Morgan fingerprint density at radius 3 is 0.574 bits per heavy atom. The molecular formula is C54H99O6Sc. The largest absolute Gasteiger partial charge is 3.00 e. The molecule has 61 heavy (non-hydrogen) atoms. The molecule has 0 heterocycles. The van der Waals surface area contributed by atoms with Crippen molar-refractivity contribution >= 4 is 17.9 Å². The Bertz CT molecular complexity index is 827. The molecule has 0 aliphatic carbocycles. The van der Waals surface area contributed by atoms with Crippen molar-refractivity contribution in [2.24, 2.45) is 0 Å². The van der Waals surface area contributed by atoms with Gasteiger partial charge in [-0.25, -0.2) is 0 Å². The first-order chi connectivity index (χ1) is 29.3. The van der Waals surface area contributed by atoms with Gasteiger partial charge in [0.15, 0.2) is 0 Å². The van der Waals surface area contributed by atoms with Crippen molar-refractivity contribution < 1.29 is 55.5 Å². The van der Waals surface area contributed by atoms with Crippen molar-refractivity contribution in [2.75, 3.05) is 0 Å². The zero-order valence-electron chi connectivity index (χ0n) is 40.7. The molecule has 0 aromatic heterocycles. The first-order valence-electron chi connectivity index (χ1n) is 25.9. The van der Waals surface area contributed by atoms with Gasteiger partial charge >= 0.3 is 25.8 Å². The van der Waals surface area contributed by atoms with Gasteiger partial charge in [-0.3, -0.25) is 0 Å². The number of allylic oxidation sites excluding steroid dienone is 6. The molecule has 0 aliphatic rings. The van der Waals surface area contributed by atoms with Crippen LogP contribution in [0.15, 0.2) is 36.5 Å². The van der Waals surface area contributed by atoms with Crippen molar-refractivity contribution in [3.05, 3.63) is 36.5 Å². The van der Waals surface area contributed by atoms with Crippen LogP contribution in [0.2, 0.25) is 0 Å². The molecule has 0 radical (unpaired) electrons. The molecule has 6 nitrogen and oxygen atoms in total. The molecule has 0 bridgehead atoms. The van der Waals surface area contributed by atoms with Crippen molar-refractivity contribution in [3.63, 3.8) is 0 Å². The smallest absolute Gasteiger partial charge is 0.550 e. The molecule has 354 valence electrons. The van der Waals surface area contributed by atoms with E-state index in [1.165, 1.54) is 193 Å². The predicted molar refractivity (Wildman–Crippen MR) is 253 cm³/mol. The fourth-order valence-corrected chi connectivity index (χ4v) is 7.02. The van der Waals surface area contributed by atoms with Crippen molar-refractivity contribution in [3.8, 4) is 0 Å². The third-order valence-corrected chi connectivity index (χ3v) is 10.9. The fourth-order valence-electron chi connectivity index (χ4n) is 7.02. The molecule has 0 aromatic carbocycles. The van der Waals surface area contributed by atoms with Gasteiger partial charge in [0.1, 0.15) is 0 Å². The Morgan fingerprint density at radius 2 is 0.410 bits per heavy atom. The molecule has 0 saturated heterocycles. The van der Waals surface area contributed by atoms with E-state index in [2.05, 4.69) is 57.2 Å². The third kappa shape index (κ3) is 76.2. The molecular weight excluding hydrogens is 790 g/mol. The van der Waals surface area contributed by atoms with Crippen molar-refractivity contribution in [1.29, 1.82) is 0 Å². The van der Waals surface area contributed by atoms with E-state index in [0.717, 1.165) is 57.8 Å². The second-order valence-corrected chi connectivity index (χ2v) is 17.1. The van der Waals surface area contributed by atoms with Crippen LogP contribution in [0.25, 0.3) is 0 Å². The van der Waals surface area contributed by atoms with E-state index in [4.69, 9.17) is 0 Å². The summed E-state index contributed by atoms with van der Waals surface area (Å²) in [6.07, 6.45) is 62.7. The van der Waals surface area contributed by atoms with E-state index in [-0.39, 0.29) is 45.1 Å². The first-order valence-corrected chi connectivity index (χ1v) is 25.9. The van der Waals surface area contributed by atoms with Crippen LogP contribution in [0, 0.1) is 0 Å². The minimum absolute atomic E-state index is 0. The Balaban J connectivity index is -0.000000396. The molecule has 0 saturated carbocycles. The number of carbonyl (C=O) groups excluding carboxylic acids is 3. The molecule has 0 aromatic rings. The summed E-state index contributed by atoms with van der Waals surface area (Å²) >= 11 is 0. The van der Waals surface area contributed by atoms with Gasteiger partial charge in [0, 0.05) is 17.9 Å². The number of rotatable bonds is 45. The maximum Gasteiger partial charge on any atom is 3.00 e. The van der Waals surface area contributed by atoms with Crippen molar-refractivity contribution in [1.82, 2.24) is 0 Å². The molecule has 0 spiro atoms. The zero-order chi connectivity index (χ0) is 44.7. The molecule has 0 unspecified atom stereocenters. The van der Waals surface area contributed by atoms with Crippen LogP contribution in [0.5, 0.6) is 0 Å². The normalized spacial score (nSPS) is 11.1. The van der Waals surface area contributed by atoms with Crippen LogP contribution in [0.4, 0.5) is 0 Å². The number of aliphatic carboxylic acids is 3. The minimum atomic E-state index is -0.914.